The summed E-state index contributed by atoms with van der Waals surface area (Å²) in [5.41, 5.74) is 0. The van der Waals surface area contributed by atoms with Gasteiger partial charge >= 0.3 is 0 Å². The molecule has 18 heavy (non-hydrogen) atoms. The topological polar surface area (TPSA) is 36.4 Å². The molecule has 1 atom stereocenters. The zero-order valence-corrected chi connectivity index (χ0v) is 11.5. The predicted octanol–water partition coefficient (Wildman–Crippen LogP) is 2.04. The first-order valence-electron chi connectivity index (χ1n) is 6.21. The van der Waals surface area contributed by atoms with Gasteiger partial charge in [0.1, 0.15) is 5.82 Å². The van der Waals surface area contributed by atoms with E-state index in [2.05, 4.69) is 4.98 Å². The third-order valence-electron chi connectivity index (χ3n) is 3.31. The smallest absolute Gasteiger partial charge is 0.222 e. The minimum atomic E-state index is 0.253. The van der Waals surface area contributed by atoms with Crippen molar-refractivity contribution in [3.05, 3.63) is 23.4 Å². The van der Waals surface area contributed by atoms with E-state index < -0.39 is 0 Å². The summed E-state index contributed by atoms with van der Waals surface area (Å²) in [5.74, 6) is 1.39. The van der Waals surface area contributed by atoms with E-state index in [-0.39, 0.29) is 5.91 Å². The third kappa shape index (κ3) is 2.75. The molecule has 0 spiro atoms. The number of carbonyl (C=O) groups is 1. The van der Waals surface area contributed by atoms with Crippen LogP contribution in [0.5, 0.6) is 0 Å². The lowest BCUT2D eigenvalue weighted by molar-refractivity contribution is -0.127. The second-order valence-electron chi connectivity index (χ2n) is 4.69. The van der Waals surface area contributed by atoms with Gasteiger partial charge in [0.05, 0.1) is 5.02 Å². The molecule has 98 valence electrons. The zero-order valence-electron chi connectivity index (χ0n) is 10.8. The molecule has 0 bridgehead atoms. The predicted molar refractivity (Wildman–Crippen MR) is 72.9 cm³/mol. The Morgan fingerprint density at radius 2 is 2.39 bits per heavy atom. The van der Waals surface area contributed by atoms with Gasteiger partial charge in [0.25, 0.3) is 0 Å². The Hall–Kier alpha value is -1.29. The quantitative estimate of drug-likeness (QED) is 0.838. The standard InChI is InChI=1S/C13H18ClN3O/c1-3-17-9-10(7-12(17)18)8-16(2)13-11(14)5-4-6-15-13/h4-6,10H,3,7-9H2,1-2H3. The molecule has 0 radical (unpaired) electrons. The normalized spacial score (nSPS) is 19.4. The zero-order chi connectivity index (χ0) is 13.1. The van der Waals surface area contributed by atoms with E-state index in [4.69, 9.17) is 11.6 Å². The Morgan fingerprint density at radius 1 is 1.61 bits per heavy atom. The highest BCUT2D eigenvalue weighted by Gasteiger charge is 2.29. The average molecular weight is 268 g/mol. The van der Waals surface area contributed by atoms with E-state index in [0.717, 1.165) is 25.5 Å². The first kappa shape index (κ1) is 13.1. The fraction of sp³-hybridized carbons (Fsp3) is 0.538. The number of nitrogens with zero attached hydrogens (tertiary/aromatic N) is 3. The van der Waals surface area contributed by atoms with Crippen LogP contribution in [0.1, 0.15) is 13.3 Å². The molecule has 1 amide bonds. The number of likely N-dealkylation sites (tertiary alicyclic amines) is 1. The van der Waals surface area contributed by atoms with Gasteiger partial charge in [0.2, 0.25) is 5.91 Å². The Morgan fingerprint density at radius 3 is 3.00 bits per heavy atom. The highest BCUT2D eigenvalue weighted by molar-refractivity contribution is 6.32. The van der Waals surface area contributed by atoms with Gasteiger partial charge in [-0.2, -0.15) is 0 Å². The van der Waals surface area contributed by atoms with Gasteiger partial charge in [-0.15, -0.1) is 0 Å². The molecule has 0 aromatic carbocycles. The summed E-state index contributed by atoms with van der Waals surface area (Å²) in [7, 11) is 1.97. The van der Waals surface area contributed by atoms with Crippen LogP contribution in [0.3, 0.4) is 0 Å². The number of anilines is 1. The molecule has 2 rings (SSSR count). The fourth-order valence-electron chi connectivity index (χ4n) is 2.41. The van der Waals surface area contributed by atoms with E-state index in [1.165, 1.54) is 0 Å². The first-order chi connectivity index (χ1) is 8.61. The van der Waals surface area contributed by atoms with Crippen molar-refractivity contribution in [3.8, 4) is 0 Å². The number of hydrogen-bond donors (Lipinski definition) is 0. The van der Waals surface area contributed by atoms with Crippen LogP contribution in [0.2, 0.25) is 5.02 Å². The van der Waals surface area contributed by atoms with Crippen molar-refractivity contribution in [3.63, 3.8) is 0 Å². The molecule has 1 aliphatic heterocycles. The maximum absolute atomic E-state index is 11.7. The molecule has 4 nitrogen and oxygen atoms in total. The van der Waals surface area contributed by atoms with Crippen molar-refractivity contribution < 1.29 is 4.79 Å². The fourth-order valence-corrected chi connectivity index (χ4v) is 2.68. The number of pyridine rings is 1. The number of hydrogen-bond acceptors (Lipinski definition) is 3. The minimum absolute atomic E-state index is 0.253. The van der Waals surface area contributed by atoms with E-state index in [0.29, 0.717) is 17.4 Å². The van der Waals surface area contributed by atoms with Crippen molar-refractivity contribution in [2.24, 2.45) is 5.92 Å². The minimum Gasteiger partial charge on any atom is -0.358 e. The van der Waals surface area contributed by atoms with E-state index in [1.54, 1.807) is 6.20 Å². The van der Waals surface area contributed by atoms with E-state index in [1.807, 2.05) is 35.9 Å². The van der Waals surface area contributed by atoms with Gasteiger partial charge in [0.15, 0.2) is 0 Å². The number of halogens is 1. The molecule has 0 aliphatic carbocycles. The van der Waals surface area contributed by atoms with E-state index >= 15 is 0 Å². The lowest BCUT2D eigenvalue weighted by Crippen LogP contribution is -2.29. The van der Waals surface area contributed by atoms with Crippen LogP contribution in [0.25, 0.3) is 0 Å². The summed E-state index contributed by atoms with van der Waals surface area (Å²) in [6.45, 7) is 4.45. The van der Waals surface area contributed by atoms with Gasteiger partial charge in [-0.05, 0) is 19.1 Å². The molecule has 1 aliphatic rings. The molecule has 0 N–H and O–H groups in total. The van der Waals surface area contributed by atoms with Gasteiger partial charge in [-0.25, -0.2) is 4.98 Å². The monoisotopic (exact) mass is 267 g/mol. The van der Waals surface area contributed by atoms with Crippen LogP contribution in [0.4, 0.5) is 5.82 Å². The van der Waals surface area contributed by atoms with Crippen LogP contribution in [0, 0.1) is 5.92 Å². The summed E-state index contributed by atoms with van der Waals surface area (Å²) < 4.78 is 0. The van der Waals surface area contributed by atoms with Crippen molar-refractivity contribution in [1.82, 2.24) is 9.88 Å². The summed E-state index contributed by atoms with van der Waals surface area (Å²) in [6.07, 6.45) is 2.36. The summed E-state index contributed by atoms with van der Waals surface area (Å²) >= 11 is 6.11. The Kier molecular flexibility index (Phi) is 4.07. The number of aromatic nitrogens is 1. The highest BCUT2D eigenvalue weighted by atomic mass is 35.5. The number of carbonyl (C=O) groups excluding carboxylic acids is 1. The molecule has 1 fully saturated rings. The van der Waals surface area contributed by atoms with Gasteiger partial charge in [0, 0.05) is 45.2 Å². The van der Waals surface area contributed by atoms with Crippen LogP contribution in [-0.4, -0.2) is 42.5 Å². The maximum Gasteiger partial charge on any atom is 0.222 e. The molecule has 5 heteroatoms. The lowest BCUT2D eigenvalue weighted by Gasteiger charge is -2.22. The highest BCUT2D eigenvalue weighted by Crippen LogP contribution is 2.24. The average Bonchev–Trinajstić information content (AvgIpc) is 2.69. The van der Waals surface area contributed by atoms with Crippen LogP contribution >= 0.6 is 11.6 Å². The number of amides is 1. The molecule has 1 unspecified atom stereocenters. The molecule has 0 saturated carbocycles. The second kappa shape index (κ2) is 5.57. The molecule has 1 aromatic heterocycles. The van der Waals surface area contributed by atoms with Gasteiger partial charge < -0.3 is 9.80 Å². The van der Waals surface area contributed by atoms with Crippen LogP contribution < -0.4 is 4.90 Å². The Bertz CT molecular complexity index is 438. The van der Waals surface area contributed by atoms with Crippen LogP contribution in [-0.2, 0) is 4.79 Å². The van der Waals surface area contributed by atoms with Crippen molar-refractivity contribution in [2.45, 2.75) is 13.3 Å². The molecular weight excluding hydrogens is 250 g/mol. The van der Waals surface area contributed by atoms with E-state index in [9.17, 15) is 4.79 Å². The second-order valence-corrected chi connectivity index (χ2v) is 5.10. The maximum atomic E-state index is 11.7. The largest absolute Gasteiger partial charge is 0.358 e. The molecule has 1 saturated heterocycles. The summed E-state index contributed by atoms with van der Waals surface area (Å²) in [6, 6.07) is 3.65. The molecular formula is C13H18ClN3O. The van der Waals surface area contributed by atoms with Crippen molar-refractivity contribution >= 4 is 23.3 Å². The van der Waals surface area contributed by atoms with Gasteiger partial charge in [-0.3, -0.25) is 4.79 Å². The Balaban J connectivity index is 1.99. The third-order valence-corrected chi connectivity index (χ3v) is 3.60. The van der Waals surface area contributed by atoms with Crippen molar-refractivity contribution in [1.29, 1.82) is 0 Å². The lowest BCUT2D eigenvalue weighted by atomic mass is 10.1. The summed E-state index contributed by atoms with van der Waals surface area (Å²) in [5, 5.41) is 0.650. The molecule has 1 aromatic rings. The van der Waals surface area contributed by atoms with Gasteiger partial charge in [-0.1, -0.05) is 11.6 Å². The number of rotatable bonds is 4. The van der Waals surface area contributed by atoms with Crippen molar-refractivity contribution in [2.75, 3.05) is 31.6 Å². The summed E-state index contributed by atoms with van der Waals surface area (Å²) in [4.78, 5) is 19.9. The first-order valence-corrected chi connectivity index (χ1v) is 6.59. The Labute approximate surface area is 113 Å². The molecule has 2 heterocycles. The SMILES string of the molecule is CCN1CC(CN(C)c2ncccc2Cl)CC1=O. The van der Waals surface area contributed by atoms with Crippen LogP contribution in [0.15, 0.2) is 18.3 Å².